The van der Waals surface area contributed by atoms with Crippen LogP contribution in [0.3, 0.4) is 0 Å². The van der Waals surface area contributed by atoms with Crippen LogP contribution in [0.5, 0.6) is 0 Å². The number of carbonyl (C=O) groups excluding carboxylic acids is 2. The third kappa shape index (κ3) is 4.66. The number of halogens is 1. The van der Waals surface area contributed by atoms with Crippen molar-refractivity contribution in [3.05, 3.63) is 34.9 Å². The lowest BCUT2D eigenvalue weighted by Crippen LogP contribution is -2.41. The van der Waals surface area contributed by atoms with E-state index in [4.69, 9.17) is 16.7 Å². The number of hydrogen-bond donors (Lipinski definition) is 2. The highest BCUT2D eigenvalue weighted by Gasteiger charge is 2.22. The van der Waals surface area contributed by atoms with Crippen molar-refractivity contribution in [1.29, 1.82) is 0 Å². The summed E-state index contributed by atoms with van der Waals surface area (Å²) in [6.45, 7) is 1.71. The monoisotopic (exact) mass is 297 g/mol. The van der Waals surface area contributed by atoms with Gasteiger partial charge in [0, 0.05) is 12.8 Å². The Bertz CT molecular complexity index is 516. The van der Waals surface area contributed by atoms with Gasteiger partial charge in [-0.15, -0.1) is 0 Å². The van der Waals surface area contributed by atoms with Gasteiger partial charge in [-0.2, -0.15) is 0 Å². The fraction of sp³-hybridized carbons (Fsp3) is 0.357. The number of benzene rings is 1. The van der Waals surface area contributed by atoms with E-state index in [9.17, 15) is 14.4 Å². The van der Waals surface area contributed by atoms with Crippen molar-refractivity contribution in [3.63, 3.8) is 0 Å². The largest absolute Gasteiger partial charge is 0.480 e. The molecule has 5 nitrogen and oxygen atoms in total. The van der Waals surface area contributed by atoms with Crippen LogP contribution in [0, 0.1) is 0 Å². The smallest absolute Gasteiger partial charge is 0.326 e. The summed E-state index contributed by atoms with van der Waals surface area (Å²) in [5.41, 5.74) is 0.210. The molecule has 108 valence electrons. The Morgan fingerprint density at radius 1 is 1.30 bits per heavy atom. The number of aliphatic carboxylic acids is 1. The van der Waals surface area contributed by atoms with Crippen molar-refractivity contribution in [3.8, 4) is 0 Å². The fourth-order valence-electron chi connectivity index (χ4n) is 1.62. The molecule has 20 heavy (non-hydrogen) atoms. The van der Waals surface area contributed by atoms with Crippen LogP contribution in [-0.4, -0.2) is 28.8 Å². The van der Waals surface area contributed by atoms with Crippen molar-refractivity contribution >= 4 is 29.3 Å². The van der Waals surface area contributed by atoms with E-state index in [1.807, 2.05) is 0 Å². The number of hydrogen-bond acceptors (Lipinski definition) is 3. The molecule has 0 unspecified atom stereocenters. The Kier molecular flexibility index (Phi) is 6.18. The summed E-state index contributed by atoms with van der Waals surface area (Å²) in [7, 11) is 0. The number of Topliss-reactive ketones (excluding diaryl/α,β-unsaturated/α-hetero) is 1. The lowest BCUT2D eigenvalue weighted by molar-refractivity contribution is -0.139. The standard InChI is InChI=1S/C14H16ClNO4/c1-2-9(17)7-8-12(14(19)20)16-13(18)10-5-3-4-6-11(10)15/h3-6,12H,2,7-8H2,1H3,(H,16,18)(H,19,20)/t12-/m1/s1. The van der Waals surface area contributed by atoms with E-state index in [-0.39, 0.29) is 29.2 Å². The maximum absolute atomic E-state index is 12.0. The molecule has 0 aromatic heterocycles. The molecule has 1 atom stereocenters. The van der Waals surface area contributed by atoms with Crippen LogP contribution in [0.15, 0.2) is 24.3 Å². The Hall–Kier alpha value is -1.88. The maximum atomic E-state index is 12.0. The Labute approximate surface area is 121 Å². The van der Waals surface area contributed by atoms with E-state index < -0.39 is 17.9 Å². The first-order valence-electron chi connectivity index (χ1n) is 6.25. The summed E-state index contributed by atoms with van der Waals surface area (Å²) in [4.78, 5) is 34.3. The van der Waals surface area contributed by atoms with E-state index in [1.54, 1.807) is 25.1 Å². The second-order valence-electron chi connectivity index (χ2n) is 4.28. The van der Waals surface area contributed by atoms with Gasteiger partial charge >= 0.3 is 5.97 Å². The highest BCUT2D eigenvalue weighted by Crippen LogP contribution is 2.15. The number of carboxylic acid groups (broad SMARTS) is 1. The number of nitrogens with one attached hydrogen (secondary N) is 1. The molecule has 6 heteroatoms. The second kappa shape index (κ2) is 7.65. The van der Waals surface area contributed by atoms with E-state index in [0.29, 0.717) is 6.42 Å². The van der Waals surface area contributed by atoms with Crippen LogP contribution >= 0.6 is 11.6 Å². The number of amides is 1. The van der Waals surface area contributed by atoms with Gasteiger partial charge < -0.3 is 10.4 Å². The topological polar surface area (TPSA) is 83.5 Å². The Morgan fingerprint density at radius 3 is 2.50 bits per heavy atom. The molecule has 0 aliphatic carbocycles. The normalized spacial score (nSPS) is 11.7. The summed E-state index contributed by atoms with van der Waals surface area (Å²) in [6, 6.07) is 5.26. The van der Waals surface area contributed by atoms with Crippen LogP contribution in [0.4, 0.5) is 0 Å². The molecule has 0 radical (unpaired) electrons. The molecular weight excluding hydrogens is 282 g/mol. The molecule has 0 aliphatic heterocycles. The highest BCUT2D eigenvalue weighted by atomic mass is 35.5. The third-order valence-corrected chi connectivity index (χ3v) is 3.16. The molecule has 0 saturated heterocycles. The van der Waals surface area contributed by atoms with Gasteiger partial charge in [-0.05, 0) is 18.6 Å². The average molecular weight is 298 g/mol. The van der Waals surface area contributed by atoms with Gasteiger partial charge in [0.05, 0.1) is 10.6 Å². The highest BCUT2D eigenvalue weighted by molar-refractivity contribution is 6.33. The van der Waals surface area contributed by atoms with Crippen LogP contribution in [0.1, 0.15) is 36.5 Å². The number of ketones is 1. The van der Waals surface area contributed by atoms with E-state index in [2.05, 4.69) is 5.32 Å². The van der Waals surface area contributed by atoms with Gasteiger partial charge in [0.25, 0.3) is 5.91 Å². The zero-order valence-electron chi connectivity index (χ0n) is 11.1. The Balaban J connectivity index is 2.71. The summed E-state index contributed by atoms with van der Waals surface area (Å²) >= 11 is 5.87. The number of rotatable bonds is 7. The van der Waals surface area contributed by atoms with Crippen molar-refractivity contribution in [1.82, 2.24) is 5.32 Å². The second-order valence-corrected chi connectivity index (χ2v) is 4.68. The number of carboxylic acids is 1. The van der Waals surface area contributed by atoms with E-state index in [0.717, 1.165) is 0 Å². The molecule has 0 aliphatic rings. The molecule has 1 amide bonds. The number of carbonyl (C=O) groups is 3. The van der Waals surface area contributed by atoms with Gasteiger partial charge in [-0.3, -0.25) is 9.59 Å². The van der Waals surface area contributed by atoms with Crippen molar-refractivity contribution < 1.29 is 19.5 Å². The summed E-state index contributed by atoms with van der Waals surface area (Å²) in [6.07, 6.45) is 0.541. The minimum Gasteiger partial charge on any atom is -0.480 e. The van der Waals surface area contributed by atoms with E-state index >= 15 is 0 Å². The molecule has 0 saturated carbocycles. The lowest BCUT2D eigenvalue weighted by atomic mass is 10.1. The van der Waals surface area contributed by atoms with Crippen LogP contribution in [0.2, 0.25) is 5.02 Å². The van der Waals surface area contributed by atoms with Crippen LogP contribution < -0.4 is 5.32 Å². The predicted molar refractivity (Wildman–Crippen MR) is 74.9 cm³/mol. The first-order valence-corrected chi connectivity index (χ1v) is 6.63. The van der Waals surface area contributed by atoms with Crippen molar-refractivity contribution in [2.45, 2.75) is 32.2 Å². The molecule has 0 fully saturated rings. The molecule has 0 heterocycles. The zero-order valence-corrected chi connectivity index (χ0v) is 11.8. The average Bonchev–Trinajstić information content (AvgIpc) is 2.42. The van der Waals surface area contributed by atoms with Gasteiger partial charge in [0.2, 0.25) is 0 Å². The lowest BCUT2D eigenvalue weighted by Gasteiger charge is -2.14. The van der Waals surface area contributed by atoms with Crippen molar-refractivity contribution in [2.75, 3.05) is 0 Å². The summed E-state index contributed by atoms with van der Waals surface area (Å²) < 4.78 is 0. The first-order chi connectivity index (χ1) is 9.45. The van der Waals surface area contributed by atoms with Crippen LogP contribution in [0.25, 0.3) is 0 Å². The zero-order chi connectivity index (χ0) is 15.1. The van der Waals surface area contributed by atoms with Gasteiger partial charge in [0.15, 0.2) is 0 Å². The van der Waals surface area contributed by atoms with E-state index in [1.165, 1.54) is 6.07 Å². The molecule has 1 aromatic rings. The SMILES string of the molecule is CCC(=O)CC[C@@H](NC(=O)c1ccccc1Cl)C(=O)O. The summed E-state index contributed by atoms with van der Waals surface area (Å²) in [5.74, 6) is -1.77. The van der Waals surface area contributed by atoms with Crippen molar-refractivity contribution in [2.24, 2.45) is 0 Å². The summed E-state index contributed by atoms with van der Waals surface area (Å²) in [5, 5.41) is 11.7. The van der Waals surface area contributed by atoms with Gasteiger partial charge in [-0.1, -0.05) is 30.7 Å². The Morgan fingerprint density at radius 2 is 1.95 bits per heavy atom. The minimum absolute atomic E-state index is 0.0387. The molecular formula is C14H16ClNO4. The van der Waals surface area contributed by atoms with Gasteiger partial charge in [-0.25, -0.2) is 4.79 Å². The molecule has 1 rings (SSSR count). The molecule has 0 spiro atoms. The molecule has 2 N–H and O–H groups in total. The third-order valence-electron chi connectivity index (χ3n) is 2.83. The first kappa shape index (κ1) is 16.2. The maximum Gasteiger partial charge on any atom is 0.326 e. The predicted octanol–water partition coefficient (Wildman–Crippen LogP) is 2.28. The fourth-order valence-corrected chi connectivity index (χ4v) is 1.84. The minimum atomic E-state index is -1.17. The molecule has 0 bridgehead atoms. The van der Waals surface area contributed by atoms with Crippen LogP contribution in [-0.2, 0) is 9.59 Å². The molecule has 1 aromatic carbocycles. The quantitative estimate of drug-likeness (QED) is 0.809. The van der Waals surface area contributed by atoms with Gasteiger partial charge in [0.1, 0.15) is 11.8 Å².